The van der Waals surface area contributed by atoms with Crippen LogP contribution in [-0.2, 0) is 19.1 Å². The zero-order valence-electron chi connectivity index (χ0n) is 14.3. The summed E-state index contributed by atoms with van der Waals surface area (Å²) in [7, 11) is 0. The molecule has 1 aromatic carbocycles. The van der Waals surface area contributed by atoms with Crippen molar-refractivity contribution in [2.24, 2.45) is 0 Å². The van der Waals surface area contributed by atoms with E-state index in [1.165, 1.54) is 24.8 Å². The van der Waals surface area contributed by atoms with Gasteiger partial charge < -0.3 is 15.0 Å². The van der Waals surface area contributed by atoms with Crippen LogP contribution in [-0.4, -0.2) is 45.5 Å². The highest BCUT2D eigenvalue weighted by molar-refractivity contribution is 8.01. The summed E-state index contributed by atoms with van der Waals surface area (Å²) < 4.78 is 31.3. The molecular weight excluding hydrogens is 366 g/mol. The summed E-state index contributed by atoms with van der Waals surface area (Å²) in [5.41, 5.74) is 0.0514. The van der Waals surface area contributed by atoms with Gasteiger partial charge in [-0.25, -0.2) is 13.6 Å². The number of nitrogens with zero attached hydrogens (tertiary/aromatic N) is 1. The van der Waals surface area contributed by atoms with Crippen LogP contribution in [0.1, 0.15) is 26.7 Å². The van der Waals surface area contributed by atoms with E-state index in [-0.39, 0.29) is 11.6 Å². The van der Waals surface area contributed by atoms with Crippen LogP contribution in [0.15, 0.2) is 18.2 Å². The fourth-order valence-electron chi connectivity index (χ4n) is 3.12. The van der Waals surface area contributed by atoms with Crippen molar-refractivity contribution in [3.63, 3.8) is 0 Å². The molecule has 9 heteroatoms. The minimum Gasteiger partial charge on any atom is -0.451 e. The molecule has 2 heterocycles. The zero-order valence-corrected chi connectivity index (χ0v) is 15.1. The highest BCUT2D eigenvalue weighted by atomic mass is 32.2. The Hall–Kier alpha value is -2.16. The lowest BCUT2D eigenvalue weighted by molar-refractivity contribution is -0.160. The number of rotatable bonds is 4. The number of fused-ring (bicyclic) bond motifs is 1. The van der Waals surface area contributed by atoms with Crippen molar-refractivity contribution >= 4 is 35.2 Å². The average molecular weight is 384 g/mol. The van der Waals surface area contributed by atoms with Gasteiger partial charge in [-0.05, 0) is 32.4 Å². The highest BCUT2D eigenvalue weighted by Gasteiger charge is 2.53. The molecule has 0 bridgehead atoms. The fourth-order valence-corrected chi connectivity index (χ4v) is 4.54. The number of hydrogen-bond acceptors (Lipinski definition) is 5. The second kappa shape index (κ2) is 6.86. The quantitative estimate of drug-likeness (QED) is 0.806. The van der Waals surface area contributed by atoms with Gasteiger partial charge in [-0.2, -0.15) is 0 Å². The highest BCUT2D eigenvalue weighted by Crippen LogP contribution is 2.47. The average Bonchev–Trinajstić information content (AvgIpc) is 3.07. The Labute approximate surface area is 153 Å². The van der Waals surface area contributed by atoms with Crippen molar-refractivity contribution in [2.75, 3.05) is 11.1 Å². The fraction of sp³-hybridized carbons (Fsp3) is 0.471. The molecule has 0 radical (unpaired) electrons. The maximum atomic E-state index is 13.2. The molecule has 3 atom stereocenters. The Balaban J connectivity index is 1.61. The molecule has 2 saturated heterocycles. The van der Waals surface area contributed by atoms with E-state index in [2.05, 4.69) is 5.32 Å². The molecule has 3 rings (SSSR count). The Bertz CT molecular complexity index is 775. The van der Waals surface area contributed by atoms with Gasteiger partial charge in [0.1, 0.15) is 6.04 Å². The number of thioether (sulfide) groups is 1. The number of benzene rings is 1. The number of amides is 2. The molecule has 140 valence electrons. The summed E-state index contributed by atoms with van der Waals surface area (Å²) >= 11 is 1.52. The first-order chi connectivity index (χ1) is 12.2. The molecular formula is C17H18F2N2O4S. The van der Waals surface area contributed by atoms with Gasteiger partial charge >= 0.3 is 5.97 Å². The van der Waals surface area contributed by atoms with Gasteiger partial charge in [0.2, 0.25) is 5.91 Å². The third-order valence-corrected chi connectivity index (χ3v) is 6.07. The predicted octanol–water partition coefficient (Wildman–Crippen LogP) is 2.29. The molecule has 0 unspecified atom stereocenters. The van der Waals surface area contributed by atoms with Crippen LogP contribution in [0.25, 0.3) is 0 Å². The normalized spacial score (nSPS) is 25.8. The Morgan fingerprint density at radius 3 is 2.81 bits per heavy atom. The Morgan fingerprint density at radius 1 is 1.38 bits per heavy atom. The van der Waals surface area contributed by atoms with Crippen molar-refractivity contribution < 1.29 is 27.9 Å². The minimum absolute atomic E-state index is 0.0514. The molecule has 6 nitrogen and oxygen atoms in total. The molecule has 2 aliphatic heterocycles. The molecule has 1 aromatic rings. The van der Waals surface area contributed by atoms with Gasteiger partial charge in [-0.15, -0.1) is 11.8 Å². The topological polar surface area (TPSA) is 75.7 Å². The van der Waals surface area contributed by atoms with Gasteiger partial charge in [0, 0.05) is 23.9 Å². The van der Waals surface area contributed by atoms with E-state index in [0.717, 1.165) is 12.1 Å². The molecule has 1 N–H and O–H groups in total. The van der Waals surface area contributed by atoms with Gasteiger partial charge in [-0.1, -0.05) is 0 Å². The van der Waals surface area contributed by atoms with Gasteiger partial charge in [0.05, 0.1) is 4.87 Å². The number of carbonyl (C=O) groups is 3. The van der Waals surface area contributed by atoms with E-state index in [1.54, 1.807) is 4.90 Å². The summed E-state index contributed by atoms with van der Waals surface area (Å²) in [6, 6.07) is 2.20. The van der Waals surface area contributed by atoms with Crippen molar-refractivity contribution in [1.82, 2.24) is 4.90 Å². The molecule has 0 saturated carbocycles. The first kappa shape index (κ1) is 18.6. The van der Waals surface area contributed by atoms with Crippen molar-refractivity contribution in [3.8, 4) is 0 Å². The van der Waals surface area contributed by atoms with Crippen LogP contribution in [0.5, 0.6) is 0 Å². The number of esters is 1. The third-order valence-electron chi connectivity index (χ3n) is 4.57. The molecule has 0 aliphatic carbocycles. The first-order valence-corrected chi connectivity index (χ1v) is 9.12. The Morgan fingerprint density at radius 2 is 2.12 bits per heavy atom. The second-order valence-electron chi connectivity index (χ2n) is 6.46. The number of carbonyl (C=O) groups excluding carboxylic acids is 3. The number of ether oxygens (including phenoxy) is 1. The standard InChI is InChI=1S/C17H18F2N2O4S/c1-9(15(23)20-10-3-4-11(18)12(19)7-10)25-16(24)13-8-26-17(2)6-5-14(22)21(13)17/h3-4,7,9,13H,5-6,8H2,1-2H3,(H,20,23)/t9-,13-,17-/m0/s1. The molecule has 0 spiro atoms. The van der Waals surface area contributed by atoms with E-state index in [9.17, 15) is 23.2 Å². The van der Waals surface area contributed by atoms with Gasteiger partial charge in [0.25, 0.3) is 5.91 Å². The smallest absolute Gasteiger partial charge is 0.330 e. The summed E-state index contributed by atoms with van der Waals surface area (Å²) in [6.45, 7) is 3.29. The zero-order chi connectivity index (χ0) is 19.1. The molecule has 2 aliphatic rings. The maximum absolute atomic E-state index is 13.2. The van der Waals surface area contributed by atoms with E-state index in [1.807, 2.05) is 6.92 Å². The number of anilines is 1. The van der Waals surface area contributed by atoms with Crippen LogP contribution < -0.4 is 5.32 Å². The lowest BCUT2D eigenvalue weighted by Gasteiger charge is -2.29. The number of nitrogens with one attached hydrogen (secondary N) is 1. The van der Waals surface area contributed by atoms with E-state index in [4.69, 9.17) is 4.74 Å². The lowest BCUT2D eigenvalue weighted by Crippen LogP contribution is -2.48. The van der Waals surface area contributed by atoms with E-state index >= 15 is 0 Å². The van der Waals surface area contributed by atoms with Gasteiger partial charge in [-0.3, -0.25) is 9.59 Å². The molecule has 2 fully saturated rings. The maximum Gasteiger partial charge on any atom is 0.330 e. The van der Waals surface area contributed by atoms with E-state index in [0.29, 0.717) is 18.6 Å². The van der Waals surface area contributed by atoms with Crippen LogP contribution in [0.2, 0.25) is 0 Å². The lowest BCUT2D eigenvalue weighted by atomic mass is 10.2. The second-order valence-corrected chi connectivity index (χ2v) is 7.96. The number of halogens is 2. The summed E-state index contributed by atoms with van der Waals surface area (Å²) in [4.78, 5) is 37.7. The minimum atomic E-state index is -1.15. The van der Waals surface area contributed by atoms with Crippen molar-refractivity contribution in [1.29, 1.82) is 0 Å². The summed E-state index contributed by atoms with van der Waals surface area (Å²) in [5.74, 6) is -3.13. The predicted molar refractivity (Wildman–Crippen MR) is 91.3 cm³/mol. The number of hydrogen-bond donors (Lipinski definition) is 1. The molecule has 0 aromatic heterocycles. The monoisotopic (exact) mass is 384 g/mol. The summed E-state index contributed by atoms with van der Waals surface area (Å²) in [5, 5.41) is 2.36. The van der Waals surface area contributed by atoms with Crippen molar-refractivity contribution in [2.45, 2.75) is 43.7 Å². The van der Waals surface area contributed by atoms with Crippen LogP contribution in [0.3, 0.4) is 0 Å². The SMILES string of the molecule is C[C@H](OC(=O)[C@@H]1CS[C@@]2(C)CCC(=O)N12)C(=O)Nc1ccc(F)c(F)c1. The van der Waals surface area contributed by atoms with E-state index < -0.39 is 40.5 Å². The summed E-state index contributed by atoms with van der Waals surface area (Å²) in [6.07, 6.45) is -0.0866. The molecule has 26 heavy (non-hydrogen) atoms. The third kappa shape index (κ3) is 3.40. The van der Waals surface area contributed by atoms with Crippen molar-refractivity contribution in [3.05, 3.63) is 29.8 Å². The van der Waals surface area contributed by atoms with Crippen LogP contribution in [0.4, 0.5) is 14.5 Å². The van der Waals surface area contributed by atoms with Crippen LogP contribution >= 0.6 is 11.8 Å². The van der Waals surface area contributed by atoms with Gasteiger partial charge in [0.15, 0.2) is 17.7 Å². The van der Waals surface area contributed by atoms with Crippen LogP contribution in [0, 0.1) is 11.6 Å². The Kier molecular flexibility index (Phi) is 4.92. The molecule has 2 amide bonds. The first-order valence-electron chi connectivity index (χ1n) is 8.14. The largest absolute Gasteiger partial charge is 0.451 e.